The predicted octanol–water partition coefficient (Wildman–Crippen LogP) is 2.91. The summed E-state index contributed by atoms with van der Waals surface area (Å²) in [5.74, 6) is 0.987. The Kier molecular flexibility index (Phi) is 6.06. The highest BCUT2D eigenvalue weighted by Crippen LogP contribution is 2.23. The van der Waals surface area contributed by atoms with Crippen LogP contribution in [0.5, 0.6) is 11.8 Å². The lowest BCUT2D eigenvalue weighted by Crippen LogP contribution is -2.11. The molecule has 0 atom stereocenters. The molecule has 144 valence electrons. The van der Waals surface area contributed by atoms with Crippen LogP contribution in [0.4, 0.5) is 5.82 Å². The van der Waals surface area contributed by atoms with Crippen LogP contribution < -0.4 is 20.5 Å². The number of carbonyl (C=O) groups is 1. The molecule has 0 unspecified atom stereocenters. The Morgan fingerprint density at radius 3 is 2.50 bits per heavy atom. The number of benzene rings is 2. The van der Waals surface area contributed by atoms with E-state index in [1.165, 1.54) is 12.7 Å². The Hall–Kier alpha value is -3.61. The molecule has 7 nitrogen and oxygen atoms in total. The molecule has 0 bridgehead atoms. The summed E-state index contributed by atoms with van der Waals surface area (Å²) in [5, 5.41) is 3.29. The molecule has 1 aromatic heterocycles. The maximum Gasteiger partial charge on any atom is 0.318 e. The van der Waals surface area contributed by atoms with E-state index in [1.54, 1.807) is 25.3 Å². The summed E-state index contributed by atoms with van der Waals surface area (Å²) in [6.07, 6.45) is 0.822. The standard InChI is InChI=1S/C21H22N4O3/c1-27-17-8-6-14(7-9-17)10-11-23-19-13-18(24-21(25-19)28-2)15-4-3-5-16(12-15)20(22)26/h3-9,12-13H,10-11H2,1-2H3,(H2,22,26)(H,23,24,25). The second kappa shape index (κ2) is 8.85. The van der Waals surface area contributed by atoms with E-state index in [-0.39, 0.29) is 6.01 Å². The first kappa shape index (κ1) is 19.2. The third-order valence-corrected chi connectivity index (χ3v) is 4.21. The van der Waals surface area contributed by atoms with Crippen molar-refractivity contribution in [1.82, 2.24) is 9.97 Å². The van der Waals surface area contributed by atoms with Gasteiger partial charge >= 0.3 is 6.01 Å². The third kappa shape index (κ3) is 4.76. The van der Waals surface area contributed by atoms with Crippen molar-refractivity contribution < 1.29 is 14.3 Å². The van der Waals surface area contributed by atoms with E-state index in [1.807, 2.05) is 36.4 Å². The minimum atomic E-state index is -0.485. The Morgan fingerprint density at radius 1 is 1.04 bits per heavy atom. The van der Waals surface area contributed by atoms with Crippen molar-refractivity contribution in [2.45, 2.75) is 6.42 Å². The normalized spacial score (nSPS) is 10.4. The number of hydrogen-bond acceptors (Lipinski definition) is 6. The zero-order valence-corrected chi connectivity index (χ0v) is 15.8. The van der Waals surface area contributed by atoms with Crippen molar-refractivity contribution in [3.8, 4) is 23.0 Å². The van der Waals surface area contributed by atoms with E-state index in [9.17, 15) is 4.79 Å². The van der Waals surface area contributed by atoms with Crippen molar-refractivity contribution in [1.29, 1.82) is 0 Å². The molecule has 2 aromatic carbocycles. The molecule has 7 heteroatoms. The van der Waals surface area contributed by atoms with Crippen LogP contribution in [0.2, 0.25) is 0 Å². The predicted molar refractivity (Wildman–Crippen MR) is 108 cm³/mol. The highest BCUT2D eigenvalue weighted by atomic mass is 16.5. The highest BCUT2D eigenvalue weighted by molar-refractivity contribution is 5.94. The van der Waals surface area contributed by atoms with Gasteiger partial charge in [-0.05, 0) is 36.2 Å². The summed E-state index contributed by atoms with van der Waals surface area (Å²) in [4.78, 5) is 20.1. The molecule has 3 rings (SSSR count). The first-order chi connectivity index (χ1) is 13.6. The molecule has 0 aliphatic rings. The van der Waals surface area contributed by atoms with E-state index in [0.29, 0.717) is 23.6 Å². The second-order valence-electron chi connectivity index (χ2n) is 6.10. The number of primary amides is 1. The van der Waals surface area contributed by atoms with Gasteiger partial charge in [0.15, 0.2) is 0 Å². The zero-order chi connectivity index (χ0) is 19.9. The van der Waals surface area contributed by atoms with Gasteiger partial charge in [0.05, 0.1) is 19.9 Å². The van der Waals surface area contributed by atoms with Gasteiger partial charge in [0.2, 0.25) is 5.91 Å². The monoisotopic (exact) mass is 378 g/mol. The van der Waals surface area contributed by atoms with Gasteiger partial charge in [-0.2, -0.15) is 9.97 Å². The van der Waals surface area contributed by atoms with Crippen LogP contribution in [0.1, 0.15) is 15.9 Å². The quantitative estimate of drug-likeness (QED) is 0.625. The average Bonchev–Trinajstić information content (AvgIpc) is 2.74. The molecule has 3 N–H and O–H groups in total. The van der Waals surface area contributed by atoms with Gasteiger partial charge in [0.25, 0.3) is 0 Å². The minimum Gasteiger partial charge on any atom is -0.497 e. The molecule has 1 heterocycles. The Morgan fingerprint density at radius 2 is 1.82 bits per heavy atom. The lowest BCUT2D eigenvalue weighted by atomic mass is 10.1. The molecule has 1 amide bonds. The van der Waals surface area contributed by atoms with Gasteiger partial charge in [0, 0.05) is 23.7 Å². The molecule has 0 spiro atoms. The number of aromatic nitrogens is 2. The summed E-state index contributed by atoms with van der Waals surface area (Å²) in [5.41, 5.74) is 8.37. The first-order valence-electron chi connectivity index (χ1n) is 8.79. The van der Waals surface area contributed by atoms with Crippen molar-refractivity contribution in [2.75, 3.05) is 26.1 Å². The fourth-order valence-electron chi connectivity index (χ4n) is 2.71. The van der Waals surface area contributed by atoms with Crippen molar-refractivity contribution in [3.05, 3.63) is 65.7 Å². The number of methoxy groups -OCH3 is 2. The lowest BCUT2D eigenvalue weighted by Gasteiger charge is -2.10. The molecule has 3 aromatic rings. The van der Waals surface area contributed by atoms with Crippen LogP contribution >= 0.6 is 0 Å². The smallest absolute Gasteiger partial charge is 0.318 e. The number of ether oxygens (including phenoxy) is 2. The van der Waals surface area contributed by atoms with E-state index >= 15 is 0 Å². The third-order valence-electron chi connectivity index (χ3n) is 4.21. The molecular formula is C21H22N4O3. The molecule has 0 radical (unpaired) electrons. The number of rotatable bonds is 8. The number of hydrogen-bond donors (Lipinski definition) is 2. The van der Waals surface area contributed by atoms with Gasteiger partial charge in [-0.3, -0.25) is 4.79 Å². The van der Waals surface area contributed by atoms with Crippen LogP contribution in [0.3, 0.4) is 0 Å². The van der Waals surface area contributed by atoms with Crippen molar-refractivity contribution >= 4 is 11.7 Å². The highest BCUT2D eigenvalue weighted by Gasteiger charge is 2.09. The SMILES string of the molecule is COc1ccc(CCNc2cc(-c3cccc(C(N)=O)c3)nc(OC)n2)cc1. The maximum atomic E-state index is 11.4. The van der Waals surface area contributed by atoms with Gasteiger partial charge in [-0.25, -0.2) is 0 Å². The molecular weight excluding hydrogens is 356 g/mol. The Labute approximate surface area is 163 Å². The summed E-state index contributed by atoms with van der Waals surface area (Å²) in [6, 6.07) is 17.0. The second-order valence-corrected chi connectivity index (χ2v) is 6.10. The van der Waals surface area contributed by atoms with Gasteiger partial charge < -0.3 is 20.5 Å². The average molecular weight is 378 g/mol. The summed E-state index contributed by atoms with van der Waals surface area (Å²) < 4.78 is 10.4. The summed E-state index contributed by atoms with van der Waals surface area (Å²) in [6.45, 7) is 0.688. The maximum absolute atomic E-state index is 11.4. The minimum absolute atomic E-state index is 0.244. The van der Waals surface area contributed by atoms with Gasteiger partial charge in [-0.15, -0.1) is 0 Å². The summed E-state index contributed by atoms with van der Waals surface area (Å²) in [7, 11) is 3.16. The molecule has 0 saturated carbocycles. The molecule has 0 fully saturated rings. The van der Waals surface area contributed by atoms with Gasteiger partial charge in [0.1, 0.15) is 11.6 Å². The summed E-state index contributed by atoms with van der Waals surface area (Å²) >= 11 is 0. The van der Waals surface area contributed by atoms with Crippen LogP contribution in [0.25, 0.3) is 11.3 Å². The Bertz CT molecular complexity index is 958. The fourth-order valence-corrected chi connectivity index (χ4v) is 2.71. The number of amides is 1. The van der Waals surface area contributed by atoms with Crippen molar-refractivity contribution in [2.24, 2.45) is 5.73 Å². The number of anilines is 1. The lowest BCUT2D eigenvalue weighted by molar-refractivity contribution is 0.100. The van der Waals surface area contributed by atoms with Crippen LogP contribution in [0.15, 0.2) is 54.6 Å². The van der Waals surface area contributed by atoms with Crippen LogP contribution in [-0.4, -0.2) is 36.6 Å². The van der Waals surface area contributed by atoms with Crippen LogP contribution in [-0.2, 0) is 6.42 Å². The molecule has 0 saturated heterocycles. The molecule has 0 aliphatic heterocycles. The van der Waals surface area contributed by atoms with Crippen LogP contribution in [0, 0.1) is 0 Å². The van der Waals surface area contributed by atoms with E-state index in [4.69, 9.17) is 15.2 Å². The van der Waals surface area contributed by atoms with Gasteiger partial charge in [-0.1, -0.05) is 24.3 Å². The Balaban J connectivity index is 1.75. The zero-order valence-electron chi connectivity index (χ0n) is 15.8. The largest absolute Gasteiger partial charge is 0.497 e. The number of nitrogens with zero attached hydrogens (tertiary/aromatic N) is 2. The number of carbonyl (C=O) groups excluding carboxylic acids is 1. The van der Waals surface area contributed by atoms with E-state index in [0.717, 1.165) is 17.7 Å². The topological polar surface area (TPSA) is 99.4 Å². The number of nitrogens with one attached hydrogen (secondary N) is 1. The van der Waals surface area contributed by atoms with E-state index < -0.39 is 5.91 Å². The van der Waals surface area contributed by atoms with E-state index in [2.05, 4.69) is 15.3 Å². The molecule has 0 aliphatic carbocycles. The first-order valence-corrected chi connectivity index (χ1v) is 8.79. The fraction of sp³-hybridized carbons (Fsp3) is 0.190. The number of nitrogens with two attached hydrogens (primary N) is 1. The molecule has 28 heavy (non-hydrogen) atoms. The van der Waals surface area contributed by atoms with Crippen molar-refractivity contribution in [3.63, 3.8) is 0 Å².